The fourth-order valence-electron chi connectivity index (χ4n) is 0.488. The van der Waals surface area contributed by atoms with Gasteiger partial charge >= 0.3 is 6.18 Å². The third-order valence-electron chi connectivity index (χ3n) is 0.894. The molecule has 1 heterocycles. The fourth-order valence-corrected chi connectivity index (χ4v) is 0.488. The van der Waals surface area contributed by atoms with Crippen molar-refractivity contribution in [3.05, 3.63) is 22.4 Å². The van der Waals surface area contributed by atoms with Gasteiger partial charge in [-0.15, -0.1) is 0 Å². The highest BCUT2D eigenvalue weighted by Gasteiger charge is 2.35. The van der Waals surface area contributed by atoms with Crippen LogP contribution in [0.5, 0.6) is 0 Å². The number of aromatic nitrogens is 3. The number of alkyl halides is 3. The van der Waals surface area contributed by atoms with Gasteiger partial charge in [-0.25, -0.2) is 10.1 Å². The molecule has 0 fully saturated rings. The molecule has 1 aromatic rings. The third-order valence-corrected chi connectivity index (χ3v) is 0.894. The summed E-state index contributed by atoms with van der Waals surface area (Å²) < 4.78 is 35.2. The number of rotatable bonds is 0. The second-order valence-electron chi connectivity index (χ2n) is 1.66. The van der Waals surface area contributed by atoms with E-state index in [9.17, 15) is 18.0 Å². The Morgan fingerprint density at radius 1 is 1.45 bits per heavy atom. The van der Waals surface area contributed by atoms with Crippen molar-refractivity contribution in [2.45, 2.75) is 6.18 Å². The molecule has 0 aliphatic rings. The molecule has 4 nitrogen and oxygen atoms in total. The smallest absolute Gasteiger partial charge is 0.266 e. The topological polar surface area (TPSA) is 58.6 Å². The number of halogens is 3. The molecule has 1 N–H and O–H groups in total. The molecule has 0 radical (unpaired) electrons. The summed E-state index contributed by atoms with van der Waals surface area (Å²) in [6, 6.07) is 0. The summed E-state index contributed by atoms with van der Waals surface area (Å²) in [5.74, 6) is 0. The van der Waals surface area contributed by atoms with Crippen LogP contribution in [-0.2, 0) is 6.18 Å². The minimum Gasteiger partial charge on any atom is -0.266 e. The van der Waals surface area contributed by atoms with Crippen molar-refractivity contribution in [2.75, 3.05) is 0 Å². The Hall–Kier alpha value is -1.40. The number of nitrogens with one attached hydrogen (secondary N) is 1. The lowest BCUT2D eigenvalue weighted by atomic mass is 10.4. The maximum Gasteiger partial charge on any atom is 0.438 e. The van der Waals surface area contributed by atoms with Crippen LogP contribution in [0.2, 0.25) is 0 Å². The highest BCUT2D eigenvalue weighted by Crippen LogP contribution is 2.23. The van der Waals surface area contributed by atoms with Crippen LogP contribution >= 0.6 is 0 Å². The SMILES string of the molecule is O=c1[nH]ncnc1C(F)(F)F. The molecule has 0 amide bonds. The third kappa shape index (κ3) is 1.54. The van der Waals surface area contributed by atoms with Crippen molar-refractivity contribution in [1.82, 2.24) is 15.2 Å². The lowest BCUT2D eigenvalue weighted by molar-refractivity contribution is -0.142. The number of hydrogen-bond donors (Lipinski definition) is 1. The van der Waals surface area contributed by atoms with Gasteiger partial charge in [0, 0.05) is 0 Å². The summed E-state index contributed by atoms with van der Waals surface area (Å²) >= 11 is 0. The normalized spacial score (nSPS) is 11.5. The highest BCUT2D eigenvalue weighted by atomic mass is 19.4. The van der Waals surface area contributed by atoms with E-state index in [0.717, 1.165) is 0 Å². The van der Waals surface area contributed by atoms with Crippen LogP contribution < -0.4 is 5.56 Å². The Labute approximate surface area is 58.1 Å². The summed E-state index contributed by atoms with van der Waals surface area (Å²) in [6.45, 7) is 0. The first-order valence-corrected chi connectivity index (χ1v) is 2.48. The molecule has 7 heteroatoms. The first-order chi connectivity index (χ1) is 5.02. The van der Waals surface area contributed by atoms with E-state index in [2.05, 4.69) is 10.1 Å². The van der Waals surface area contributed by atoms with Crippen LogP contribution in [0, 0.1) is 0 Å². The molecule has 0 bridgehead atoms. The summed E-state index contributed by atoms with van der Waals surface area (Å²) in [5.41, 5.74) is -2.81. The molecule has 0 unspecified atom stereocenters. The Kier molecular flexibility index (Phi) is 1.63. The van der Waals surface area contributed by atoms with Crippen LogP contribution in [0.4, 0.5) is 13.2 Å². The number of nitrogens with zero attached hydrogens (tertiary/aromatic N) is 2. The number of hydrogen-bond acceptors (Lipinski definition) is 3. The van der Waals surface area contributed by atoms with Crippen LogP contribution in [-0.4, -0.2) is 15.2 Å². The standard InChI is InChI=1S/C4H2F3N3O/c5-4(6,7)2-3(11)10-9-1-8-2/h1H,(H,10,11). The number of aromatic amines is 1. The molecule has 0 saturated heterocycles. The predicted molar refractivity (Wildman–Crippen MR) is 27.7 cm³/mol. The van der Waals surface area contributed by atoms with E-state index in [4.69, 9.17) is 0 Å². The Morgan fingerprint density at radius 3 is 2.45 bits per heavy atom. The zero-order chi connectivity index (χ0) is 8.48. The summed E-state index contributed by atoms with van der Waals surface area (Å²) in [7, 11) is 0. The molecule has 1 rings (SSSR count). The van der Waals surface area contributed by atoms with Gasteiger partial charge < -0.3 is 0 Å². The zero-order valence-corrected chi connectivity index (χ0v) is 5.01. The van der Waals surface area contributed by atoms with Crippen molar-refractivity contribution in [2.24, 2.45) is 0 Å². The van der Waals surface area contributed by atoms with Crippen LogP contribution in [0.3, 0.4) is 0 Å². The first-order valence-electron chi connectivity index (χ1n) is 2.48. The second-order valence-corrected chi connectivity index (χ2v) is 1.66. The van der Waals surface area contributed by atoms with Gasteiger partial charge in [0.25, 0.3) is 5.56 Å². The Balaban J connectivity index is 3.26. The maximum absolute atomic E-state index is 11.7. The molecule has 0 aromatic carbocycles. The summed E-state index contributed by atoms with van der Waals surface area (Å²) in [4.78, 5) is 13.1. The molecular formula is C4H2F3N3O. The van der Waals surface area contributed by atoms with E-state index in [-0.39, 0.29) is 0 Å². The van der Waals surface area contributed by atoms with Crippen molar-refractivity contribution in [3.8, 4) is 0 Å². The molecule has 0 aliphatic heterocycles. The van der Waals surface area contributed by atoms with Crippen molar-refractivity contribution >= 4 is 0 Å². The minimum absolute atomic E-state index is 0.629. The van der Waals surface area contributed by atoms with Gasteiger partial charge in [-0.05, 0) is 0 Å². The first kappa shape index (κ1) is 7.70. The fraction of sp³-hybridized carbons (Fsp3) is 0.250. The van der Waals surface area contributed by atoms with Crippen molar-refractivity contribution in [3.63, 3.8) is 0 Å². The van der Waals surface area contributed by atoms with Gasteiger partial charge in [0.05, 0.1) is 0 Å². The maximum atomic E-state index is 11.7. The van der Waals surface area contributed by atoms with Crippen molar-refractivity contribution < 1.29 is 13.2 Å². The highest BCUT2D eigenvalue weighted by molar-refractivity contribution is 4.97. The summed E-state index contributed by atoms with van der Waals surface area (Å²) in [5, 5.41) is 4.63. The average Bonchev–Trinajstić information content (AvgIpc) is 1.86. The van der Waals surface area contributed by atoms with E-state index in [0.29, 0.717) is 6.33 Å². The quantitative estimate of drug-likeness (QED) is 0.596. The lowest BCUT2D eigenvalue weighted by Gasteiger charge is -2.00. The monoisotopic (exact) mass is 165 g/mol. The zero-order valence-electron chi connectivity index (χ0n) is 5.01. The molecule has 0 saturated carbocycles. The van der Waals surface area contributed by atoms with Crippen molar-refractivity contribution in [1.29, 1.82) is 0 Å². The Bertz CT molecular complexity index is 304. The number of H-pyrrole nitrogens is 1. The minimum atomic E-state index is -4.71. The van der Waals surface area contributed by atoms with Gasteiger partial charge in [0.2, 0.25) is 5.69 Å². The predicted octanol–water partition coefficient (Wildman–Crippen LogP) is 0.184. The molecule has 1 aromatic heterocycles. The summed E-state index contributed by atoms with van der Waals surface area (Å²) in [6.07, 6.45) is -4.08. The van der Waals surface area contributed by atoms with E-state index in [1.54, 1.807) is 5.10 Å². The molecule has 60 valence electrons. The largest absolute Gasteiger partial charge is 0.438 e. The molecule has 0 atom stereocenters. The van der Waals surface area contributed by atoms with Crippen LogP contribution in [0.1, 0.15) is 5.69 Å². The molecule has 0 aliphatic carbocycles. The van der Waals surface area contributed by atoms with E-state index < -0.39 is 17.4 Å². The molecule has 11 heavy (non-hydrogen) atoms. The van der Waals surface area contributed by atoms with Gasteiger partial charge in [-0.2, -0.15) is 18.3 Å². The molecule has 0 spiro atoms. The second kappa shape index (κ2) is 2.33. The average molecular weight is 165 g/mol. The van der Waals surface area contributed by atoms with Crippen LogP contribution in [0.25, 0.3) is 0 Å². The van der Waals surface area contributed by atoms with Crippen LogP contribution in [0.15, 0.2) is 11.1 Å². The Morgan fingerprint density at radius 2 is 2.09 bits per heavy atom. The van der Waals surface area contributed by atoms with E-state index in [1.807, 2.05) is 0 Å². The van der Waals surface area contributed by atoms with Gasteiger partial charge in [0.1, 0.15) is 6.33 Å². The van der Waals surface area contributed by atoms with Gasteiger partial charge in [-0.3, -0.25) is 4.79 Å². The van der Waals surface area contributed by atoms with E-state index in [1.165, 1.54) is 0 Å². The lowest BCUT2D eigenvalue weighted by Crippen LogP contribution is -2.23. The van der Waals surface area contributed by atoms with Gasteiger partial charge in [0.15, 0.2) is 0 Å². The van der Waals surface area contributed by atoms with E-state index >= 15 is 0 Å². The van der Waals surface area contributed by atoms with Gasteiger partial charge in [-0.1, -0.05) is 0 Å². The molecular weight excluding hydrogens is 163 g/mol.